The van der Waals surface area contributed by atoms with Gasteiger partial charge in [-0.25, -0.2) is 4.79 Å². The van der Waals surface area contributed by atoms with Gasteiger partial charge >= 0.3 is 5.63 Å². The molecule has 2 rings (SSSR count). The summed E-state index contributed by atoms with van der Waals surface area (Å²) in [4.78, 5) is 22.6. The van der Waals surface area contributed by atoms with Crippen LogP contribution in [0.25, 0.3) is 0 Å². The van der Waals surface area contributed by atoms with E-state index in [2.05, 4.69) is 9.73 Å². The van der Waals surface area contributed by atoms with E-state index in [1.807, 2.05) is 6.92 Å². The quantitative estimate of drug-likeness (QED) is 0.906. The molecule has 0 aliphatic carbocycles. The van der Waals surface area contributed by atoms with Gasteiger partial charge in [0.15, 0.2) is 0 Å². The van der Waals surface area contributed by atoms with E-state index in [1.54, 1.807) is 18.2 Å². The Morgan fingerprint density at radius 2 is 2.06 bits per heavy atom. The average Bonchev–Trinajstić information content (AvgIpc) is 2.33. The number of hydrogen-bond acceptors (Lipinski definition) is 3. The topological polar surface area (TPSA) is 59.3 Å². The highest BCUT2D eigenvalue weighted by molar-refractivity contribution is 6.30. The summed E-state index contributed by atoms with van der Waals surface area (Å²) in [5.41, 5.74) is 1.31. The molecule has 1 aromatic heterocycles. The number of carbonyl (C=O) groups is 1. The van der Waals surface area contributed by atoms with E-state index in [-0.39, 0.29) is 11.5 Å². The molecule has 1 heterocycles. The second-order valence-electron chi connectivity index (χ2n) is 3.76. The Bertz CT molecular complexity index is 628. The fourth-order valence-corrected chi connectivity index (χ4v) is 1.68. The van der Waals surface area contributed by atoms with Crippen molar-refractivity contribution < 1.29 is 9.21 Å². The predicted molar refractivity (Wildman–Crippen MR) is 69.1 cm³/mol. The Morgan fingerprint density at radius 3 is 2.67 bits per heavy atom. The monoisotopic (exact) mass is 263 g/mol. The van der Waals surface area contributed by atoms with Gasteiger partial charge in [-0.05, 0) is 36.8 Å². The number of hydrogen-bond donors (Lipinski definition) is 1. The first-order valence-corrected chi connectivity index (χ1v) is 5.60. The molecule has 0 bridgehead atoms. The maximum absolute atomic E-state index is 11.9. The van der Waals surface area contributed by atoms with Crippen molar-refractivity contribution in [1.82, 2.24) is 0 Å². The summed E-state index contributed by atoms with van der Waals surface area (Å²) in [5.74, 6) is -0.343. The van der Waals surface area contributed by atoms with Crippen molar-refractivity contribution in [3.05, 3.63) is 63.2 Å². The Kier molecular flexibility index (Phi) is 3.48. The van der Waals surface area contributed by atoms with Gasteiger partial charge in [0, 0.05) is 16.8 Å². The lowest BCUT2D eigenvalue weighted by Gasteiger charge is -2.08. The number of nitrogens with one attached hydrogen (secondary N) is 1. The van der Waals surface area contributed by atoms with Crippen LogP contribution in [0.1, 0.15) is 15.9 Å². The molecule has 18 heavy (non-hydrogen) atoms. The van der Waals surface area contributed by atoms with Crippen LogP contribution in [0.2, 0.25) is 5.02 Å². The fourth-order valence-electron chi connectivity index (χ4n) is 1.45. The van der Waals surface area contributed by atoms with Gasteiger partial charge in [-0.15, -0.1) is 0 Å². The van der Waals surface area contributed by atoms with Gasteiger partial charge in [0.05, 0.1) is 5.56 Å². The summed E-state index contributed by atoms with van der Waals surface area (Å²) < 4.78 is 4.63. The molecular weight excluding hydrogens is 254 g/mol. The lowest BCUT2D eigenvalue weighted by molar-refractivity contribution is 0.102. The van der Waals surface area contributed by atoms with Gasteiger partial charge in [0.2, 0.25) is 0 Å². The van der Waals surface area contributed by atoms with Crippen molar-refractivity contribution in [3.63, 3.8) is 0 Å². The third-order valence-corrected chi connectivity index (χ3v) is 2.63. The summed E-state index contributed by atoms with van der Waals surface area (Å²) in [7, 11) is 0. The van der Waals surface area contributed by atoms with E-state index in [1.165, 1.54) is 12.1 Å². The van der Waals surface area contributed by atoms with Crippen molar-refractivity contribution in [2.24, 2.45) is 0 Å². The molecule has 0 spiro atoms. The minimum Gasteiger partial charge on any atom is -0.430 e. The number of anilines is 1. The summed E-state index contributed by atoms with van der Waals surface area (Å²) in [6, 6.07) is 7.77. The van der Waals surface area contributed by atoms with Crippen LogP contribution in [0.5, 0.6) is 0 Å². The van der Waals surface area contributed by atoms with Crippen molar-refractivity contribution in [2.75, 3.05) is 5.32 Å². The smallest absolute Gasteiger partial charge is 0.335 e. The zero-order valence-electron chi connectivity index (χ0n) is 9.57. The molecular formula is C13H10ClNO3. The molecule has 5 heteroatoms. The lowest BCUT2D eigenvalue weighted by atomic mass is 10.2. The molecule has 1 N–H and O–H groups in total. The normalized spacial score (nSPS) is 10.1. The van der Waals surface area contributed by atoms with Crippen LogP contribution in [0.15, 0.2) is 45.8 Å². The van der Waals surface area contributed by atoms with Gasteiger partial charge in [-0.1, -0.05) is 11.6 Å². The first-order valence-electron chi connectivity index (χ1n) is 5.22. The van der Waals surface area contributed by atoms with Gasteiger partial charge in [0.25, 0.3) is 5.91 Å². The SMILES string of the molecule is Cc1cc(Cl)ccc1NC(=O)c1ccc(=O)oc1. The molecule has 0 saturated carbocycles. The number of halogens is 1. The van der Waals surface area contributed by atoms with Crippen molar-refractivity contribution in [1.29, 1.82) is 0 Å². The van der Waals surface area contributed by atoms with Crippen molar-refractivity contribution >= 4 is 23.2 Å². The highest BCUT2D eigenvalue weighted by Crippen LogP contribution is 2.20. The van der Waals surface area contributed by atoms with E-state index in [9.17, 15) is 9.59 Å². The number of amides is 1. The Morgan fingerprint density at radius 1 is 1.28 bits per heavy atom. The first kappa shape index (κ1) is 12.4. The summed E-state index contributed by atoms with van der Waals surface area (Å²) >= 11 is 5.83. The Hall–Kier alpha value is -2.07. The summed E-state index contributed by atoms with van der Waals surface area (Å²) in [6.07, 6.45) is 1.13. The summed E-state index contributed by atoms with van der Waals surface area (Å²) in [6.45, 7) is 1.84. The molecule has 1 amide bonds. The minimum atomic E-state index is -0.491. The molecule has 4 nitrogen and oxygen atoms in total. The van der Waals surface area contributed by atoms with Crippen LogP contribution >= 0.6 is 11.6 Å². The van der Waals surface area contributed by atoms with Gasteiger partial charge < -0.3 is 9.73 Å². The van der Waals surface area contributed by atoms with Gasteiger partial charge in [-0.3, -0.25) is 4.79 Å². The standard InChI is InChI=1S/C13H10ClNO3/c1-8-6-10(14)3-4-11(8)15-13(17)9-2-5-12(16)18-7-9/h2-7H,1H3,(H,15,17). The maximum Gasteiger partial charge on any atom is 0.335 e. The van der Waals surface area contributed by atoms with E-state index < -0.39 is 5.63 Å². The number of rotatable bonds is 2. The first-order chi connectivity index (χ1) is 8.56. The lowest BCUT2D eigenvalue weighted by Crippen LogP contribution is -2.13. The van der Waals surface area contributed by atoms with Crippen LogP contribution in [0.3, 0.4) is 0 Å². The molecule has 0 unspecified atom stereocenters. The molecule has 92 valence electrons. The predicted octanol–water partition coefficient (Wildman–Crippen LogP) is 2.85. The second-order valence-corrected chi connectivity index (χ2v) is 4.19. The van der Waals surface area contributed by atoms with Crippen LogP contribution in [0.4, 0.5) is 5.69 Å². The molecule has 0 radical (unpaired) electrons. The summed E-state index contributed by atoms with van der Waals surface area (Å²) in [5, 5.41) is 3.32. The zero-order chi connectivity index (χ0) is 13.1. The van der Waals surface area contributed by atoms with Crippen LogP contribution in [0, 0.1) is 6.92 Å². The van der Waals surface area contributed by atoms with E-state index in [0.717, 1.165) is 11.8 Å². The van der Waals surface area contributed by atoms with E-state index in [0.29, 0.717) is 10.7 Å². The Labute approximate surface area is 108 Å². The molecule has 1 aromatic carbocycles. The van der Waals surface area contributed by atoms with Crippen LogP contribution in [-0.4, -0.2) is 5.91 Å². The maximum atomic E-state index is 11.9. The molecule has 0 fully saturated rings. The average molecular weight is 264 g/mol. The fraction of sp³-hybridized carbons (Fsp3) is 0.0769. The third kappa shape index (κ3) is 2.78. The molecule has 0 saturated heterocycles. The van der Waals surface area contributed by atoms with Crippen LogP contribution < -0.4 is 10.9 Å². The highest BCUT2D eigenvalue weighted by Gasteiger charge is 2.08. The number of aryl methyl sites for hydroxylation is 1. The number of carbonyl (C=O) groups excluding carboxylic acids is 1. The van der Waals surface area contributed by atoms with E-state index >= 15 is 0 Å². The molecule has 0 aliphatic rings. The van der Waals surface area contributed by atoms with Crippen molar-refractivity contribution in [2.45, 2.75) is 6.92 Å². The van der Waals surface area contributed by atoms with Crippen LogP contribution in [-0.2, 0) is 0 Å². The minimum absolute atomic E-state index is 0.281. The largest absolute Gasteiger partial charge is 0.430 e. The Balaban J connectivity index is 2.21. The zero-order valence-corrected chi connectivity index (χ0v) is 10.3. The molecule has 0 atom stereocenters. The van der Waals surface area contributed by atoms with Crippen molar-refractivity contribution in [3.8, 4) is 0 Å². The molecule has 2 aromatic rings. The van der Waals surface area contributed by atoms with Gasteiger partial charge in [0.1, 0.15) is 6.26 Å². The van der Waals surface area contributed by atoms with Gasteiger partial charge in [-0.2, -0.15) is 0 Å². The number of benzene rings is 1. The molecule has 0 aliphatic heterocycles. The van der Waals surface area contributed by atoms with E-state index in [4.69, 9.17) is 11.6 Å². The highest BCUT2D eigenvalue weighted by atomic mass is 35.5. The third-order valence-electron chi connectivity index (χ3n) is 2.40. The second kappa shape index (κ2) is 5.06.